The monoisotopic (exact) mass is 234 g/mol. The largest absolute Gasteiger partial charge is 0.433 e. The third-order valence-corrected chi connectivity index (χ3v) is 3.07. The lowest BCUT2D eigenvalue weighted by molar-refractivity contribution is -0.402. The molecule has 0 spiro atoms. The lowest BCUT2D eigenvalue weighted by atomic mass is 10.2. The van der Waals surface area contributed by atoms with Crippen molar-refractivity contribution < 1.29 is 9.34 Å². The summed E-state index contributed by atoms with van der Waals surface area (Å²) in [5.41, 5.74) is 3.61. The Labute approximate surface area is 98.8 Å². The number of aromatic nitrogens is 1. The van der Waals surface area contributed by atoms with Crippen molar-refractivity contribution in [1.82, 2.24) is 4.57 Å². The smallest absolute Gasteiger partial charge is 0.404 e. The molecule has 0 N–H and O–H groups in total. The van der Waals surface area contributed by atoms with Crippen LogP contribution in [0, 0.1) is 30.9 Å². The predicted molar refractivity (Wildman–Crippen MR) is 63.1 cm³/mol. The summed E-state index contributed by atoms with van der Waals surface area (Å²) < 4.78 is 7.17. The van der Waals surface area contributed by atoms with Crippen molar-refractivity contribution in [3.63, 3.8) is 0 Å². The van der Waals surface area contributed by atoms with Gasteiger partial charge in [-0.1, -0.05) is 0 Å². The highest BCUT2D eigenvalue weighted by Gasteiger charge is 2.13. The SMILES string of the molecule is Cc1cn(Cc2ccc([N+](=O)[O-])o2)c(C)c1C. The number of hydrogen-bond donors (Lipinski definition) is 0. The van der Waals surface area contributed by atoms with Gasteiger partial charge in [0, 0.05) is 11.9 Å². The summed E-state index contributed by atoms with van der Waals surface area (Å²) >= 11 is 0. The minimum absolute atomic E-state index is 0.210. The van der Waals surface area contributed by atoms with E-state index in [1.54, 1.807) is 6.07 Å². The fourth-order valence-corrected chi connectivity index (χ4v) is 1.81. The number of hydrogen-bond acceptors (Lipinski definition) is 3. The Morgan fingerprint density at radius 1 is 1.35 bits per heavy atom. The van der Waals surface area contributed by atoms with Crippen LogP contribution in [0.1, 0.15) is 22.6 Å². The fourth-order valence-electron chi connectivity index (χ4n) is 1.81. The molecular formula is C12H14N2O3. The molecule has 2 aromatic rings. The van der Waals surface area contributed by atoms with Crippen LogP contribution in [0.25, 0.3) is 0 Å². The average molecular weight is 234 g/mol. The molecule has 0 unspecified atom stereocenters. The number of rotatable bonds is 3. The van der Waals surface area contributed by atoms with Gasteiger partial charge in [-0.2, -0.15) is 0 Å². The van der Waals surface area contributed by atoms with Crippen molar-refractivity contribution in [2.45, 2.75) is 27.3 Å². The van der Waals surface area contributed by atoms with Gasteiger partial charge in [-0.25, -0.2) is 0 Å². The topological polar surface area (TPSA) is 61.2 Å². The van der Waals surface area contributed by atoms with E-state index in [-0.39, 0.29) is 5.88 Å². The molecule has 0 radical (unpaired) electrons. The van der Waals surface area contributed by atoms with Crippen LogP contribution in [0.3, 0.4) is 0 Å². The van der Waals surface area contributed by atoms with Crippen LogP contribution in [0.2, 0.25) is 0 Å². The number of aryl methyl sites for hydroxylation is 1. The molecule has 90 valence electrons. The number of furan rings is 1. The van der Waals surface area contributed by atoms with Crippen LogP contribution < -0.4 is 0 Å². The third kappa shape index (κ3) is 2.08. The Morgan fingerprint density at radius 2 is 2.06 bits per heavy atom. The van der Waals surface area contributed by atoms with E-state index in [4.69, 9.17) is 4.42 Å². The highest BCUT2D eigenvalue weighted by atomic mass is 16.6. The zero-order valence-electron chi connectivity index (χ0n) is 10.1. The molecule has 0 aliphatic heterocycles. The van der Waals surface area contributed by atoms with E-state index in [9.17, 15) is 10.1 Å². The van der Waals surface area contributed by atoms with E-state index < -0.39 is 4.92 Å². The standard InChI is InChI=1S/C12H14N2O3/c1-8-6-13(10(3)9(8)2)7-11-4-5-12(17-11)14(15)16/h4-6H,7H2,1-3H3. The summed E-state index contributed by atoms with van der Waals surface area (Å²) in [5.74, 6) is 0.382. The molecule has 0 amide bonds. The van der Waals surface area contributed by atoms with Gasteiger partial charge >= 0.3 is 5.88 Å². The van der Waals surface area contributed by atoms with Crippen molar-refractivity contribution in [3.8, 4) is 0 Å². The molecule has 2 rings (SSSR count). The molecule has 0 fully saturated rings. The maximum absolute atomic E-state index is 10.5. The normalized spacial score (nSPS) is 10.8. The second kappa shape index (κ2) is 4.08. The summed E-state index contributed by atoms with van der Waals surface area (Å²) in [6, 6.07) is 3.02. The second-order valence-electron chi connectivity index (χ2n) is 4.15. The van der Waals surface area contributed by atoms with Crippen molar-refractivity contribution >= 4 is 5.88 Å². The first-order chi connectivity index (χ1) is 7.99. The summed E-state index contributed by atoms with van der Waals surface area (Å²) in [6.07, 6.45) is 2.03. The zero-order valence-corrected chi connectivity index (χ0v) is 10.1. The lowest BCUT2D eigenvalue weighted by Gasteiger charge is -2.03. The van der Waals surface area contributed by atoms with Crippen LogP contribution in [0.5, 0.6) is 0 Å². The van der Waals surface area contributed by atoms with Gasteiger partial charge in [0.05, 0.1) is 12.6 Å². The highest BCUT2D eigenvalue weighted by molar-refractivity contribution is 5.29. The molecule has 0 atom stereocenters. The average Bonchev–Trinajstić information content (AvgIpc) is 2.82. The lowest BCUT2D eigenvalue weighted by Crippen LogP contribution is -1.99. The molecule has 0 bridgehead atoms. The molecule has 0 aliphatic carbocycles. The maximum Gasteiger partial charge on any atom is 0.433 e. The molecule has 0 aromatic carbocycles. The van der Waals surface area contributed by atoms with E-state index in [0.29, 0.717) is 12.3 Å². The van der Waals surface area contributed by atoms with Gasteiger partial charge in [0.2, 0.25) is 0 Å². The van der Waals surface area contributed by atoms with E-state index in [0.717, 1.165) is 5.69 Å². The first-order valence-electron chi connectivity index (χ1n) is 5.35. The first-order valence-corrected chi connectivity index (χ1v) is 5.35. The van der Waals surface area contributed by atoms with E-state index >= 15 is 0 Å². The predicted octanol–water partition coefficient (Wildman–Crippen LogP) is 2.96. The quantitative estimate of drug-likeness (QED) is 0.606. The van der Waals surface area contributed by atoms with Crippen LogP contribution in [-0.2, 0) is 6.54 Å². The first kappa shape index (κ1) is 11.4. The van der Waals surface area contributed by atoms with Crippen LogP contribution in [-0.4, -0.2) is 9.49 Å². The van der Waals surface area contributed by atoms with Gasteiger partial charge < -0.3 is 8.98 Å². The fraction of sp³-hybridized carbons (Fsp3) is 0.333. The molecule has 2 heterocycles. The summed E-state index contributed by atoms with van der Waals surface area (Å²) in [4.78, 5) is 9.97. The molecule has 17 heavy (non-hydrogen) atoms. The molecular weight excluding hydrogens is 220 g/mol. The third-order valence-electron chi connectivity index (χ3n) is 3.07. The summed E-state index contributed by atoms with van der Waals surface area (Å²) in [7, 11) is 0. The van der Waals surface area contributed by atoms with Crippen LogP contribution in [0.15, 0.2) is 22.7 Å². The minimum atomic E-state index is -0.525. The van der Waals surface area contributed by atoms with Gasteiger partial charge in [-0.05, 0) is 38.0 Å². The Bertz CT molecular complexity index is 566. The van der Waals surface area contributed by atoms with Crippen molar-refractivity contribution in [2.75, 3.05) is 0 Å². The molecule has 0 saturated heterocycles. The van der Waals surface area contributed by atoms with E-state index in [1.807, 2.05) is 24.6 Å². The Balaban J connectivity index is 2.25. The molecule has 0 aliphatic rings. The van der Waals surface area contributed by atoms with Gasteiger partial charge in [-0.15, -0.1) is 0 Å². The van der Waals surface area contributed by atoms with Gasteiger partial charge in [0.15, 0.2) is 0 Å². The highest BCUT2D eigenvalue weighted by Crippen LogP contribution is 2.20. The van der Waals surface area contributed by atoms with Gasteiger partial charge in [-0.3, -0.25) is 10.1 Å². The zero-order chi connectivity index (χ0) is 12.6. The van der Waals surface area contributed by atoms with Gasteiger partial charge in [0.1, 0.15) is 10.7 Å². The van der Waals surface area contributed by atoms with Crippen molar-refractivity contribution in [3.05, 3.63) is 51.0 Å². The van der Waals surface area contributed by atoms with Crippen molar-refractivity contribution in [1.29, 1.82) is 0 Å². The molecule has 5 heteroatoms. The van der Waals surface area contributed by atoms with Crippen LogP contribution in [0.4, 0.5) is 5.88 Å². The summed E-state index contributed by atoms with van der Waals surface area (Å²) in [5, 5.41) is 10.5. The second-order valence-corrected chi connectivity index (χ2v) is 4.15. The molecule has 5 nitrogen and oxygen atoms in total. The molecule has 0 saturated carbocycles. The van der Waals surface area contributed by atoms with Crippen LogP contribution >= 0.6 is 0 Å². The maximum atomic E-state index is 10.5. The number of nitrogens with zero attached hydrogens (tertiary/aromatic N) is 2. The van der Waals surface area contributed by atoms with Crippen molar-refractivity contribution in [2.24, 2.45) is 0 Å². The Kier molecular flexibility index (Phi) is 2.75. The van der Waals surface area contributed by atoms with Gasteiger partial charge in [0.25, 0.3) is 0 Å². The Morgan fingerprint density at radius 3 is 2.53 bits per heavy atom. The van der Waals surface area contributed by atoms with E-state index in [2.05, 4.69) is 6.92 Å². The number of nitro groups is 1. The Hall–Kier alpha value is -2.04. The minimum Gasteiger partial charge on any atom is -0.404 e. The van der Waals surface area contributed by atoms with E-state index in [1.165, 1.54) is 17.2 Å². The summed E-state index contributed by atoms with van der Waals surface area (Å²) in [6.45, 7) is 6.66. The molecule has 2 aromatic heterocycles.